The first kappa shape index (κ1) is 17.7. The Labute approximate surface area is 152 Å². The highest BCUT2D eigenvalue weighted by Gasteiger charge is 2.21. The first-order chi connectivity index (χ1) is 12.3. The lowest BCUT2D eigenvalue weighted by Crippen LogP contribution is -2.26. The summed E-state index contributed by atoms with van der Waals surface area (Å²) in [5.41, 5.74) is 2.01. The molecule has 0 aliphatic heterocycles. The van der Waals surface area contributed by atoms with Crippen LogP contribution >= 0.6 is 0 Å². The van der Waals surface area contributed by atoms with E-state index in [1.807, 2.05) is 57.2 Å². The van der Waals surface area contributed by atoms with Crippen molar-refractivity contribution in [3.63, 3.8) is 0 Å². The normalized spacial score (nSPS) is 11.4. The van der Waals surface area contributed by atoms with E-state index in [9.17, 15) is 9.59 Å². The molecule has 0 aliphatic carbocycles. The highest BCUT2D eigenvalue weighted by Crippen LogP contribution is 2.26. The van der Waals surface area contributed by atoms with Gasteiger partial charge in [0.1, 0.15) is 5.60 Å². The molecule has 1 aromatic heterocycles. The van der Waals surface area contributed by atoms with Gasteiger partial charge in [0.15, 0.2) is 0 Å². The number of nitrogens with one attached hydrogen (secondary N) is 1. The maximum Gasteiger partial charge on any atom is 0.340 e. The first-order valence-corrected chi connectivity index (χ1v) is 8.44. The predicted molar refractivity (Wildman–Crippen MR) is 103 cm³/mol. The maximum atomic E-state index is 12.7. The minimum atomic E-state index is -0.571. The molecule has 0 aliphatic rings. The number of hydrogen-bond donors (Lipinski definition) is 1. The van der Waals surface area contributed by atoms with Gasteiger partial charge in [0.05, 0.1) is 5.56 Å². The number of aromatic amines is 1. The van der Waals surface area contributed by atoms with Gasteiger partial charge in [0, 0.05) is 35.4 Å². The fourth-order valence-electron chi connectivity index (χ4n) is 2.71. The second-order valence-corrected chi connectivity index (χ2v) is 7.16. The molecule has 3 aromatic rings. The first-order valence-electron chi connectivity index (χ1n) is 8.44. The number of ether oxygens (including phenoxy) is 1. The van der Waals surface area contributed by atoms with Crippen molar-refractivity contribution in [2.45, 2.75) is 26.4 Å². The minimum Gasteiger partial charge on any atom is -0.456 e. The number of fused-ring (bicyclic) bond motifs is 1. The van der Waals surface area contributed by atoms with Crippen LogP contribution in [0.4, 0.5) is 5.69 Å². The second-order valence-electron chi connectivity index (χ2n) is 7.16. The molecule has 134 valence electrons. The van der Waals surface area contributed by atoms with Crippen LogP contribution in [0.5, 0.6) is 0 Å². The van der Waals surface area contributed by atoms with E-state index < -0.39 is 11.6 Å². The number of carbonyl (C=O) groups excluding carboxylic acids is 2. The number of aromatic nitrogens is 1. The summed E-state index contributed by atoms with van der Waals surface area (Å²) in [4.78, 5) is 29.7. The minimum absolute atomic E-state index is 0.112. The Kier molecular flexibility index (Phi) is 4.55. The van der Waals surface area contributed by atoms with Crippen molar-refractivity contribution in [3.05, 3.63) is 65.9 Å². The molecule has 1 heterocycles. The molecule has 0 fully saturated rings. The molecule has 0 bridgehead atoms. The van der Waals surface area contributed by atoms with E-state index in [1.54, 1.807) is 30.3 Å². The lowest BCUT2D eigenvalue weighted by atomic mass is 10.1. The Hall–Kier alpha value is -3.08. The average molecular weight is 350 g/mol. The van der Waals surface area contributed by atoms with E-state index in [1.165, 1.54) is 0 Å². The number of rotatable bonds is 3. The van der Waals surface area contributed by atoms with E-state index in [2.05, 4.69) is 4.98 Å². The SMILES string of the molecule is CN(C(=O)c1ccccc1)c1ccc2[nH]cc(C(=O)OC(C)(C)C)c2c1. The number of nitrogens with zero attached hydrogens (tertiary/aromatic N) is 1. The molecule has 5 heteroatoms. The van der Waals surface area contributed by atoms with Crippen LogP contribution in [0, 0.1) is 0 Å². The summed E-state index contributed by atoms with van der Waals surface area (Å²) in [7, 11) is 1.72. The number of carbonyl (C=O) groups is 2. The largest absolute Gasteiger partial charge is 0.456 e. The monoisotopic (exact) mass is 350 g/mol. The number of H-pyrrole nitrogens is 1. The Morgan fingerprint density at radius 3 is 2.38 bits per heavy atom. The Morgan fingerprint density at radius 1 is 1.04 bits per heavy atom. The fraction of sp³-hybridized carbons (Fsp3) is 0.238. The molecule has 5 nitrogen and oxygen atoms in total. The molecular formula is C21H22N2O3. The summed E-state index contributed by atoms with van der Waals surface area (Å²) in [6.45, 7) is 5.49. The van der Waals surface area contributed by atoms with Gasteiger partial charge < -0.3 is 14.6 Å². The lowest BCUT2D eigenvalue weighted by Gasteiger charge is -2.20. The number of anilines is 1. The van der Waals surface area contributed by atoms with Crippen molar-refractivity contribution >= 4 is 28.5 Å². The summed E-state index contributed by atoms with van der Waals surface area (Å²) < 4.78 is 5.47. The molecule has 3 rings (SSSR count). The molecule has 0 atom stereocenters. The lowest BCUT2D eigenvalue weighted by molar-refractivity contribution is 0.00718. The smallest absolute Gasteiger partial charge is 0.340 e. The molecule has 0 radical (unpaired) electrons. The zero-order chi connectivity index (χ0) is 18.9. The molecule has 0 saturated carbocycles. The Morgan fingerprint density at radius 2 is 1.73 bits per heavy atom. The predicted octanol–water partition coefficient (Wildman–Crippen LogP) is 4.40. The van der Waals surface area contributed by atoms with Crippen LogP contribution in [0.1, 0.15) is 41.5 Å². The van der Waals surface area contributed by atoms with Crippen LogP contribution in [0.3, 0.4) is 0 Å². The topological polar surface area (TPSA) is 62.4 Å². The molecule has 1 amide bonds. The Balaban J connectivity index is 1.94. The highest BCUT2D eigenvalue weighted by atomic mass is 16.6. The molecular weight excluding hydrogens is 328 g/mol. The second kappa shape index (κ2) is 6.67. The average Bonchev–Trinajstić information content (AvgIpc) is 3.03. The quantitative estimate of drug-likeness (QED) is 0.712. The summed E-state index contributed by atoms with van der Waals surface area (Å²) >= 11 is 0. The number of hydrogen-bond acceptors (Lipinski definition) is 3. The Bertz CT molecular complexity index is 952. The van der Waals surface area contributed by atoms with E-state index in [4.69, 9.17) is 4.74 Å². The van der Waals surface area contributed by atoms with E-state index >= 15 is 0 Å². The van der Waals surface area contributed by atoms with Gasteiger partial charge >= 0.3 is 5.97 Å². The van der Waals surface area contributed by atoms with Gasteiger partial charge in [-0.05, 0) is 51.1 Å². The van der Waals surface area contributed by atoms with Crippen LogP contribution < -0.4 is 4.90 Å². The van der Waals surface area contributed by atoms with E-state index in [-0.39, 0.29) is 5.91 Å². The fourth-order valence-corrected chi connectivity index (χ4v) is 2.71. The van der Waals surface area contributed by atoms with Crippen LogP contribution in [-0.2, 0) is 4.74 Å². The third-order valence-corrected chi connectivity index (χ3v) is 4.00. The van der Waals surface area contributed by atoms with Gasteiger partial charge in [-0.3, -0.25) is 4.79 Å². The van der Waals surface area contributed by atoms with Crippen molar-refractivity contribution in [2.75, 3.05) is 11.9 Å². The number of esters is 1. The van der Waals surface area contributed by atoms with Gasteiger partial charge in [-0.15, -0.1) is 0 Å². The number of benzene rings is 2. The van der Waals surface area contributed by atoms with Crippen molar-refractivity contribution < 1.29 is 14.3 Å². The zero-order valence-electron chi connectivity index (χ0n) is 15.4. The summed E-state index contributed by atoms with van der Waals surface area (Å²) in [6.07, 6.45) is 1.64. The van der Waals surface area contributed by atoms with Crippen molar-refractivity contribution in [1.82, 2.24) is 4.98 Å². The van der Waals surface area contributed by atoms with E-state index in [0.717, 1.165) is 10.9 Å². The van der Waals surface area contributed by atoms with E-state index in [0.29, 0.717) is 16.8 Å². The summed E-state index contributed by atoms with van der Waals surface area (Å²) in [5.74, 6) is -0.503. The third-order valence-electron chi connectivity index (χ3n) is 4.00. The molecule has 2 aromatic carbocycles. The standard InChI is InChI=1S/C21H22N2O3/c1-21(2,3)26-20(25)17-13-22-18-11-10-15(12-16(17)18)23(4)19(24)14-8-6-5-7-9-14/h5-13,22H,1-4H3. The molecule has 0 spiro atoms. The maximum absolute atomic E-state index is 12.7. The van der Waals surface area contributed by atoms with Crippen LogP contribution in [-0.4, -0.2) is 29.5 Å². The van der Waals surface area contributed by atoms with Crippen molar-refractivity contribution in [2.24, 2.45) is 0 Å². The zero-order valence-corrected chi connectivity index (χ0v) is 15.4. The van der Waals surface area contributed by atoms with Crippen LogP contribution in [0.15, 0.2) is 54.7 Å². The van der Waals surface area contributed by atoms with Gasteiger partial charge in [-0.1, -0.05) is 18.2 Å². The summed E-state index contributed by atoms with van der Waals surface area (Å²) in [5, 5.41) is 0.726. The van der Waals surface area contributed by atoms with Crippen molar-refractivity contribution in [3.8, 4) is 0 Å². The molecule has 1 N–H and O–H groups in total. The van der Waals surface area contributed by atoms with Gasteiger partial charge in [-0.2, -0.15) is 0 Å². The van der Waals surface area contributed by atoms with Gasteiger partial charge in [0.25, 0.3) is 5.91 Å². The summed E-state index contributed by atoms with van der Waals surface area (Å²) in [6, 6.07) is 14.6. The molecule has 0 saturated heterocycles. The van der Waals surface area contributed by atoms with Gasteiger partial charge in [-0.25, -0.2) is 4.79 Å². The van der Waals surface area contributed by atoms with Crippen molar-refractivity contribution in [1.29, 1.82) is 0 Å². The molecule has 0 unspecified atom stereocenters. The highest BCUT2D eigenvalue weighted by molar-refractivity contribution is 6.09. The third kappa shape index (κ3) is 3.61. The van der Waals surface area contributed by atoms with Crippen LogP contribution in [0.2, 0.25) is 0 Å². The van der Waals surface area contributed by atoms with Crippen LogP contribution in [0.25, 0.3) is 10.9 Å². The van der Waals surface area contributed by atoms with Gasteiger partial charge in [0.2, 0.25) is 0 Å². The number of amides is 1. The molecule has 26 heavy (non-hydrogen) atoms.